The molecule has 0 saturated heterocycles. The molecule has 4 heteroatoms. The topological polar surface area (TPSA) is 75.3 Å². The van der Waals surface area contributed by atoms with Gasteiger partial charge in [-0.05, 0) is 25.5 Å². The van der Waals surface area contributed by atoms with Gasteiger partial charge in [0, 0.05) is 6.04 Å². The molecular weight excluding hydrogens is 204 g/mol. The van der Waals surface area contributed by atoms with Crippen molar-refractivity contribution >= 4 is 17.3 Å². The predicted molar refractivity (Wildman–Crippen MR) is 65.8 cm³/mol. The summed E-state index contributed by atoms with van der Waals surface area (Å²) in [6.07, 6.45) is 2.10. The fourth-order valence-electron chi connectivity index (χ4n) is 1.65. The number of carboxylic acids is 1. The maximum absolute atomic E-state index is 10.9. The number of rotatable bonds is 5. The number of para-hydroxylation sites is 1. The molecule has 4 N–H and O–H groups in total. The van der Waals surface area contributed by atoms with E-state index >= 15 is 0 Å². The number of carboxylic acid groups (broad SMARTS) is 1. The summed E-state index contributed by atoms with van der Waals surface area (Å²) in [6.45, 7) is 4.16. The van der Waals surface area contributed by atoms with Crippen molar-refractivity contribution in [2.24, 2.45) is 0 Å². The van der Waals surface area contributed by atoms with Crippen molar-refractivity contribution in [3.63, 3.8) is 0 Å². The second-order valence-electron chi connectivity index (χ2n) is 3.91. The van der Waals surface area contributed by atoms with E-state index in [-0.39, 0.29) is 11.6 Å². The Morgan fingerprint density at radius 3 is 2.81 bits per heavy atom. The fourth-order valence-corrected chi connectivity index (χ4v) is 1.65. The van der Waals surface area contributed by atoms with E-state index < -0.39 is 5.97 Å². The summed E-state index contributed by atoms with van der Waals surface area (Å²) in [7, 11) is 0. The average Bonchev–Trinajstić information content (AvgIpc) is 2.21. The minimum Gasteiger partial charge on any atom is -0.478 e. The number of nitrogens with two attached hydrogens (primary N) is 1. The molecule has 0 bridgehead atoms. The van der Waals surface area contributed by atoms with E-state index in [0.29, 0.717) is 11.4 Å². The Balaban J connectivity index is 2.89. The highest BCUT2D eigenvalue weighted by Gasteiger charge is 2.11. The lowest BCUT2D eigenvalue weighted by Gasteiger charge is -2.16. The van der Waals surface area contributed by atoms with Gasteiger partial charge in [0.1, 0.15) is 0 Å². The second kappa shape index (κ2) is 5.39. The molecular formula is C12H18N2O2. The van der Waals surface area contributed by atoms with Gasteiger partial charge in [0.15, 0.2) is 0 Å². The number of benzene rings is 1. The minimum atomic E-state index is -0.996. The second-order valence-corrected chi connectivity index (χ2v) is 3.91. The van der Waals surface area contributed by atoms with Crippen molar-refractivity contribution in [2.45, 2.75) is 32.7 Å². The summed E-state index contributed by atoms with van der Waals surface area (Å²) < 4.78 is 0. The van der Waals surface area contributed by atoms with E-state index in [9.17, 15) is 4.79 Å². The van der Waals surface area contributed by atoms with E-state index in [1.54, 1.807) is 12.1 Å². The Morgan fingerprint density at radius 2 is 2.25 bits per heavy atom. The number of nitrogens with one attached hydrogen (secondary N) is 1. The van der Waals surface area contributed by atoms with Gasteiger partial charge in [0.05, 0.1) is 16.9 Å². The Hall–Kier alpha value is -1.71. The van der Waals surface area contributed by atoms with Crippen LogP contribution in [0.4, 0.5) is 11.4 Å². The lowest BCUT2D eigenvalue weighted by Crippen LogP contribution is -2.16. The number of carbonyl (C=O) groups is 1. The Labute approximate surface area is 95.5 Å². The molecule has 0 aliphatic rings. The lowest BCUT2D eigenvalue weighted by molar-refractivity contribution is 0.0698. The van der Waals surface area contributed by atoms with Gasteiger partial charge < -0.3 is 16.2 Å². The molecule has 1 aromatic carbocycles. The summed E-state index contributed by atoms with van der Waals surface area (Å²) in [6, 6.07) is 5.29. The van der Waals surface area contributed by atoms with E-state index in [4.69, 9.17) is 10.8 Å². The van der Waals surface area contributed by atoms with Crippen molar-refractivity contribution in [2.75, 3.05) is 11.1 Å². The molecule has 1 aromatic rings. The van der Waals surface area contributed by atoms with Gasteiger partial charge in [0.2, 0.25) is 0 Å². The van der Waals surface area contributed by atoms with Crippen LogP contribution in [0.15, 0.2) is 18.2 Å². The summed E-state index contributed by atoms with van der Waals surface area (Å²) in [5.41, 5.74) is 6.93. The number of hydrogen-bond donors (Lipinski definition) is 3. The van der Waals surface area contributed by atoms with Crippen LogP contribution in [0, 0.1) is 0 Å². The van der Waals surface area contributed by atoms with Crippen LogP contribution < -0.4 is 11.1 Å². The monoisotopic (exact) mass is 222 g/mol. The van der Waals surface area contributed by atoms with Gasteiger partial charge >= 0.3 is 5.97 Å². The van der Waals surface area contributed by atoms with Gasteiger partial charge in [-0.3, -0.25) is 0 Å². The quantitative estimate of drug-likeness (QED) is 0.669. The third-order valence-electron chi connectivity index (χ3n) is 2.46. The molecule has 0 spiro atoms. The fraction of sp³-hybridized carbons (Fsp3) is 0.417. The molecule has 0 heterocycles. The maximum atomic E-state index is 10.9. The van der Waals surface area contributed by atoms with Crippen molar-refractivity contribution < 1.29 is 9.90 Å². The number of anilines is 2. The molecule has 0 amide bonds. The maximum Gasteiger partial charge on any atom is 0.337 e. The van der Waals surface area contributed by atoms with Crippen molar-refractivity contribution in [1.82, 2.24) is 0 Å². The van der Waals surface area contributed by atoms with Gasteiger partial charge in [-0.1, -0.05) is 19.4 Å². The van der Waals surface area contributed by atoms with Gasteiger partial charge in [-0.25, -0.2) is 4.79 Å². The van der Waals surface area contributed by atoms with Crippen LogP contribution in [0.2, 0.25) is 0 Å². The smallest absolute Gasteiger partial charge is 0.337 e. The van der Waals surface area contributed by atoms with Crippen LogP contribution in [0.25, 0.3) is 0 Å². The standard InChI is InChI=1S/C12H18N2O2/c1-3-5-8(2)14-10-7-4-6-9(11(10)13)12(15)16/h4,6-8,14H,3,5,13H2,1-2H3,(H,15,16). The number of aromatic carboxylic acids is 1. The lowest BCUT2D eigenvalue weighted by atomic mass is 10.1. The van der Waals surface area contributed by atoms with Crippen molar-refractivity contribution in [1.29, 1.82) is 0 Å². The van der Waals surface area contributed by atoms with Crippen molar-refractivity contribution in [3.05, 3.63) is 23.8 Å². The molecule has 0 aliphatic carbocycles. The van der Waals surface area contributed by atoms with Crippen LogP contribution in [0.3, 0.4) is 0 Å². The third-order valence-corrected chi connectivity index (χ3v) is 2.46. The number of hydrogen-bond acceptors (Lipinski definition) is 3. The Kier molecular flexibility index (Phi) is 4.17. The van der Waals surface area contributed by atoms with E-state index in [0.717, 1.165) is 12.8 Å². The molecule has 0 aliphatic heterocycles. The molecule has 1 unspecified atom stereocenters. The molecule has 4 nitrogen and oxygen atoms in total. The predicted octanol–water partition coefficient (Wildman–Crippen LogP) is 2.57. The first-order chi connectivity index (χ1) is 7.56. The Morgan fingerprint density at radius 1 is 1.56 bits per heavy atom. The van der Waals surface area contributed by atoms with E-state index in [2.05, 4.69) is 19.2 Å². The Bertz CT molecular complexity index is 377. The first-order valence-corrected chi connectivity index (χ1v) is 5.44. The SMILES string of the molecule is CCCC(C)Nc1cccc(C(=O)O)c1N. The van der Waals surface area contributed by atoms with Gasteiger partial charge in [-0.2, -0.15) is 0 Å². The van der Waals surface area contributed by atoms with E-state index in [1.165, 1.54) is 6.07 Å². The zero-order chi connectivity index (χ0) is 12.1. The minimum absolute atomic E-state index is 0.147. The molecule has 0 radical (unpaired) electrons. The highest BCUT2D eigenvalue weighted by Crippen LogP contribution is 2.23. The molecule has 1 rings (SSSR count). The molecule has 1 atom stereocenters. The highest BCUT2D eigenvalue weighted by molar-refractivity contribution is 5.97. The molecule has 88 valence electrons. The largest absolute Gasteiger partial charge is 0.478 e. The summed E-state index contributed by atoms with van der Waals surface area (Å²) in [4.78, 5) is 10.9. The van der Waals surface area contributed by atoms with Crippen LogP contribution in [-0.2, 0) is 0 Å². The molecule has 0 fully saturated rings. The van der Waals surface area contributed by atoms with Gasteiger partial charge in [-0.15, -0.1) is 0 Å². The zero-order valence-electron chi connectivity index (χ0n) is 9.66. The highest BCUT2D eigenvalue weighted by atomic mass is 16.4. The van der Waals surface area contributed by atoms with Crippen LogP contribution in [-0.4, -0.2) is 17.1 Å². The van der Waals surface area contributed by atoms with Crippen LogP contribution in [0.1, 0.15) is 37.0 Å². The normalized spacial score (nSPS) is 12.1. The third kappa shape index (κ3) is 2.89. The van der Waals surface area contributed by atoms with Crippen LogP contribution in [0.5, 0.6) is 0 Å². The zero-order valence-corrected chi connectivity index (χ0v) is 9.66. The van der Waals surface area contributed by atoms with Gasteiger partial charge in [0.25, 0.3) is 0 Å². The first kappa shape index (κ1) is 12.4. The summed E-state index contributed by atoms with van der Waals surface area (Å²) in [5, 5.41) is 12.1. The summed E-state index contributed by atoms with van der Waals surface area (Å²) in [5.74, 6) is -0.996. The van der Waals surface area contributed by atoms with Crippen LogP contribution >= 0.6 is 0 Å². The first-order valence-electron chi connectivity index (χ1n) is 5.44. The van der Waals surface area contributed by atoms with E-state index in [1.807, 2.05) is 0 Å². The van der Waals surface area contributed by atoms with Crippen molar-refractivity contribution in [3.8, 4) is 0 Å². The molecule has 0 aromatic heterocycles. The molecule has 0 saturated carbocycles. The average molecular weight is 222 g/mol. The summed E-state index contributed by atoms with van der Waals surface area (Å²) >= 11 is 0. The number of nitrogen functional groups attached to an aromatic ring is 1. The molecule has 16 heavy (non-hydrogen) atoms.